The second-order valence-corrected chi connectivity index (χ2v) is 5.44. The van der Waals surface area contributed by atoms with E-state index in [1.807, 2.05) is 18.2 Å². The van der Waals surface area contributed by atoms with Crippen LogP contribution in [0.2, 0.25) is 5.02 Å². The molecule has 1 aliphatic rings. The van der Waals surface area contributed by atoms with E-state index in [2.05, 4.69) is 11.9 Å². The van der Waals surface area contributed by atoms with Crippen molar-refractivity contribution in [2.24, 2.45) is 11.7 Å². The van der Waals surface area contributed by atoms with Crippen LogP contribution in [0.25, 0.3) is 0 Å². The third-order valence-electron chi connectivity index (χ3n) is 3.56. The number of hydrogen-bond donors (Lipinski definition) is 1. The maximum atomic E-state index is 6.17. The average molecular weight is 269 g/mol. The molecule has 1 aromatic carbocycles. The molecule has 0 aliphatic heterocycles. The van der Waals surface area contributed by atoms with E-state index in [0.717, 1.165) is 18.0 Å². The Morgan fingerprint density at radius 3 is 2.72 bits per heavy atom. The number of nitrogens with zero attached hydrogens (tertiary/aromatic N) is 1. The van der Waals surface area contributed by atoms with Crippen LogP contribution in [-0.4, -0.2) is 32.1 Å². The summed E-state index contributed by atoms with van der Waals surface area (Å²) in [5.74, 6) is 1.57. The van der Waals surface area contributed by atoms with Crippen molar-refractivity contribution >= 4 is 11.6 Å². The third-order valence-corrected chi connectivity index (χ3v) is 3.85. The molecule has 18 heavy (non-hydrogen) atoms. The second kappa shape index (κ2) is 5.91. The highest BCUT2D eigenvalue weighted by Gasteiger charge is 2.26. The van der Waals surface area contributed by atoms with E-state index in [-0.39, 0.29) is 6.04 Å². The fourth-order valence-corrected chi connectivity index (χ4v) is 2.56. The maximum Gasteiger partial charge on any atom is 0.137 e. The van der Waals surface area contributed by atoms with Crippen LogP contribution < -0.4 is 10.5 Å². The number of hydrogen-bond acceptors (Lipinski definition) is 3. The Hall–Kier alpha value is -0.770. The van der Waals surface area contributed by atoms with Crippen LogP contribution >= 0.6 is 11.6 Å². The van der Waals surface area contributed by atoms with E-state index >= 15 is 0 Å². The predicted molar refractivity (Wildman–Crippen MR) is 75.2 cm³/mol. The van der Waals surface area contributed by atoms with Gasteiger partial charge in [0.25, 0.3) is 0 Å². The van der Waals surface area contributed by atoms with Gasteiger partial charge in [-0.25, -0.2) is 0 Å². The molecular weight excluding hydrogens is 248 g/mol. The van der Waals surface area contributed by atoms with Gasteiger partial charge in [-0.3, -0.25) is 4.90 Å². The highest BCUT2D eigenvalue weighted by Crippen LogP contribution is 2.33. The Morgan fingerprint density at radius 2 is 2.22 bits per heavy atom. The topological polar surface area (TPSA) is 38.5 Å². The van der Waals surface area contributed by atoms with Crippen LogP contribution in [0.1, 0.15) is 24.4 Å². The molecule has 2 rings (SSSR count). The monoisotopic (exact) mass is 268 g/mol. The van der Waals surface area contributed by atoms with E-state index < -0.39 is 0 Å². The van der Waals surface area contributed by atoms with Gasteiger partial charge in [0.2, 0.25) is 0 Å². The molecule has 0 saturated heterocycles. The highest BCUT2D eigenvalue weighted by molar-refractivity contribution is 6.32. The minimum absolute atomic E-state index is 0.231. The zero-order valence-corrected chi connectivity index (χ0v) is 11.8. The molecule has 1 aromatic rings. The van der Waals surface area contributed by atoms with Crippen molar-refractivity contribution in [1.82, 2.24) is 4.90 Å². The lowest BCUT2D eigenvalue weighted by molar-refractivity contribution is 0.240. The first-order valence-electron chi connectivity index (χ1n) is 6.39. The van der Waals surface area contributed by atoms with Crippen molar-refractivity contribution in [2.75, 3.05) is 27.2 Å². The Balaban J connectivity index is 2.12. The van der Waals surface area contributed by atoms with Crippen LogP contribution in [0.3, 0.4) is 0 Å². The van der Waals surface area contributed by atoms with Crippen LogP contribution in [0.15, 0.2) is 18.2 Å². The normalized spacial score (nSPS) is 16.9. The number of benzene rings is 1. The summed E-state index contributed by atoms with van der Waals surface area (Å²) in [6.45, 7) is 1.72. The maximum absolute atomic E-state index is 6.17. The van der Waals surface area contributed by atoms with Crippen molar-refractivity contribution in [3.8, 4) is 5.75 Å². The largest absolute Gasteiger partial charge is 0.495 e. The second-order valence-electron chi connectivity index (χ2n) is 5.03. The Morgan fingerprint density at radius 1 is 1.50 bits per heavy atom. The smallest absolute Gasteiger partial charge is 0.137 e. The number of rotatable bonds is 6. The van der Waals surface area contributed by atoms with E-state index in [1.54, 1.807) is 7.11 Å². The fraction of sp³-hybridized carbons (Fsp3) is 0.571. The summed E-state index contributed by atoms with van der Waals surface area (Å²) >= 11 is 6.17. The van der Waals surface area contributed by atoms with Gasteiger partial charge >= 0.3 is 0 Å². The highest BCUT2D eigenvalue weighted by atomic mass is 35.5. The Bertz CT molecular complexity index is 407. The molecule has 100 valence electrons. The van der Waals surface area contributed by atoms with Crippen LogP contribution in [0.4, 0.5) is 0 Å². The number of ether oxygens (including phenoxy) is 1. The minimum Gasteiger partial charge on any atom is -0.495 e. The minimum atomic E-state index is 0.231. The molecule has 0 amide bonds. The van der Waals surface area contributed by atoms with Crippen LogP contribution in [-0.2, 0) is 0 Å². The standard InChI is InChI=1S/C14H21ClN2O/c1-17(9-10-3-4-10)13(8-16)11-5-6-14(18-2)12(15)7-11/h5-7,10,13H,3-4,8-9,16H2,1-2H3. The Labute approximate surface area is 114 Å². The lowest BCUT2D eigenvalue weighted by atomic mass is 10.1. The van der Waals surface area contributed by atoms with Gasteiger partial charge in [0.15, 0.2) is 0 Å². The van der Waals surface area contributed by atoms with Crippen molar-refractivity contribution in [1.29, 1.82) is 0 Å². The number of likely N-dealkylation sites (N-methyl/N-ethyl adjacent to an activating group) is 1. The molecule has 1 saturated carbocycles. The number of methoxy groups -OCH3 is 1. The number of halogens is 1. The predicted octanol–water partition coefficient (Wildman–Crippen LogP) is 2.69. The third kappa shape index (κ3) is 3.16. The molecule has 0 spiro atoms. The van der Waals surface area contributed by atoms with Crippen molar-refractivity contribution in [3.05, 3.63) is 28.8 Å². The van der Waals surface area contributed by atoms with Crippen molar-refractivity contribution in [3.63, 3.8) is 0 Å². The molecule has 0 radical (unpaired) electrons. The SMILES string of the molecule is COc1ccc(C(CN)N(C)CC2CC2)cc1Cl. The molecule has 1 unspecified atom stereocenters. The van der Waals surface area contributed by atoms with Gasteiger partial charge in [-0.05, 0) is 43.5 Å². The summed E-state index contributed by atoms with van der Waals surface area (Å²) in [4.78, 5) is 2.33. The van der Waals surface area contributed by atoms with Gasteiger partial charge in [-0.2, -0.15) is 0 Å². The van der Waals surface area contributed by atoms with Gasteiger partial charge in [0, 0.05) is 19.1 Å². The first kappa shape index (κ1) is 13.7. The average Bonchev–Trinajstić information content (AvgIpc) is 3.14. The lowest BCUT2D eigenvalue weighted by Gasteiger charge is -2.27. The Kier molecular flexibility index (Phi) is 4.49. The molecule has 0 bridgehead atoms. The summed E-state index contributed by atoms with van der Waals surface area (Å²) in [7, 11) is 3.76. The van der Waals surface area contributed by atoms with E-state index in [4.69, 9.17) is 22.1 Å². The number of nitrogens with two attached hydrogens (primary N) is 1. The molecular formula is C14H21ClN2O. The first-order valence-corrected chi connectivity index (χ1v) is 6.77. The first-order chi connectivity index (χ1) is 8.65. The zero-order chi connectivity index (χ0) is 13.1. The van der Waals surface area contributed by atoms with Gasteiger partial charge in [0.05, 0.1) is 12.1 Å². The molecule has 0 heterocycles. The summed E-state index contributed by atoms with van der Waals surface area (Å²) < 4.78 is 5.17. The summed E-state index contributed by atoms with van der Waals surface area (Å²) in [5.41, 5.74) is 7.07. The molecule has 1 fully saturated rings. The van der Waals surface area contributed by atoms with E-state index in [9.17, 15) is 0 Å². The van der Waals surface area contributed by atoms with Gasteiger partial charge in [-0.15, -0.1) is 0 Å². The van der Waals surface area contributed by atoms with E-state index in [0.29, 0.717) is 17.3 Å². The quantitative estimate of drug-likeness (QED) is 0.862. The van der Waals surface area contributed by atoms with Crippen molar-refractivity contribution < 1.29 is 4.74 Å². The van der Waals surface area contributed by atoms with Gasteiger partial charge < -0.3 is 10.5 Å². The van der Waals surface area contributed by atoms with Crippen molar-refractivity contribution in [2.45, 2.75) is 18.9 Å². The lowest BCUT2D eigenvalue weighted by Crippen LogP contribution is -2.32. The zero-order valence-electron chi connectivity index (χ0n) is 11.0. The summed E-state index contributed by atoms with van der Waals surface area (Å²) in [6, 6.07) is 6.15. The summed E-state index contributed by atoms with van der Waals surface area (Å²) in [6.07, 6.45) is 2.70. The molecule has 2 N–H and O–H groups in total. The molecule has 4 heteroatoms. The molecule has 1 aliphatic carbocycles. The molecule has 3 nitrogen and oxygen atoms in total. The molecule has 0 aromatic heterocycles. The van der Waals surface area contributed by atoms with Gasteiger partial charge in [-0.1, -0.05) is 17.7 Å². The van der Waals surface area contributed by atoms with Crippen LogP contribution in [0.5, 0.6) is 5.75 Å². The molecule has 1 atom stereocenters. The van der Waals surface area contributed by atoms with Gasteiger partial charge in [0.1, 0.15) is 5.75 Å². The summed E-state index contributed by atoms with van der Waals surface area (Å²) in [5, 5.41) is 0.647. The van der Waals surface area contributed by atoms with Crippen LogP contribution in [0, 0.1) is 5.92 Å². The fourth-order valence-electron chi connectivity index (χ4n) is 2.30. The van der Waals surface area contributed by atoms with E-state index in [1.165, 1.54) is 12.8 Å².